The predicted molar refractivity (Wildman–Crippen MR) is 71.5 cm³/mol. The third-order valence-electron chi connectivity index (χ3n) is 2.53. The van der Waals surface area contributed by atoms with Crippen molar-refractivity contribution in [2.75, 3.05) is 6.54 Å². The third kappa shape index (κ3) is 4.26. The van der Waals surface area contributed by atoms with Crippen molar-refractivity contribution in [3.8, 4) is 0 Å². The second kappa shape index (κ2) is 5.32. The van der Waals surface area contributed by atoms with E-state index in [0.29, 0.717) is 5.92 Å². The highest BCUT2D eigenvalue weighted by atomic mass is 79.9. The van der Waals surface area contributed by atoms with E-state index in [1.54, 1.807) is 0 Å². The molecule has 0 radical (unpaired) electrons. The molecule has 0 fully saturated rings. The first-order chi connectivity index (χ1) is 7.29. The largest absolute Gasteiger partial charge is 0.312 e. The van der Waals surface area contributed by atoms with Gasteiger partial charge in [-0.25, -0.2) is 0 Å². The molecule has 0 aliphatic carbocycles. The van der Waals surface area contributed by atoms with Crippen LogP contribution in [0.25, 0.3) is 0 Å². The summed E-state index contributed by atoms with van der Waals surface area (Å²) in [6.45, 7) is 9.87. The zero-order valence-corrected chi connectivity index (χ0v) is 12.4. The van der Waals surface area contributed by atoms with Crippen LogP contribution < -0.4 is 5.32 Å². The Labute approximate surface area is 107 Å². The van der Waals surface area contributed by atoms with E-state index in [2.05, 4.69) is 54.0 Å². The zero-order valence-electron chi connectivity index (χ0n) is 10.8. The summed E-state index contributed by atoms with van der Waals surface area (Å²) in [6, 6.07) is 0. The van der Waals surface area contributed by atoms with Gasteiger partial charge in [0, 0.05) is 12.6 Å². The molecule has 0 spiro atoms. The number of nitrogens with one attached hydrogen (secondary N) is 1. The van der Waals surface area contributed by atoms with E-state index in [1.807, 2.05) is 17.9 Å². The van der Waals surface area contributed by atoms with Crippen molar-refractivity contribution < 1.29 is 0 Å². The standard InChI is InChI=1S/C12H22BrN3/c1-9(7-14-12(2,3)4)6-11-10(13)8-15-16(11)5/h8-9,14H,6-7H2,1-5H3. The molecule has 1 N–H and O–H groups in total. The van der Waals surface area contributed by atoms with Gasteiger partial charge in [-0.15, -0.1) is 0 Å². The number of nitrogens with zero attached hydrogens (tertiary/aromatic N) is 2. The number of aryl methyl sites for hydroxylation is 1. The van der Waals surface area contributed by atoms with Gasteiger partial charge in [-0.1, -0.05) is 6.92 Å². The van der Waals surface area contributed by atoms with Gasteiger partial charge in [-0.3, -0.25) is 4.68 Å². The van der Waals surface area contributed by atoms with Crippen LogP contribution in [0.5, 0.6) is 0 Å². The molecule has 1 aromatic rings. The lowest BCUT2D eigenvalue weighted by Crippen LogP contribution is -2.39. The molecule has 1 unspecified atom stereocenters. The SMILES string of the molecule is CC(CNC(C)(C)C)Cc1c(Br)cnn1C. The Bertz CT molecular complexity index is 319. The molecule has 16 heavy (non-hydrogen) atoms. The van der Waals surface area contributed by atoms with Crippen molar-refractivity contribution in [3.63, 3.8) is 0 Å². The van der Waals surface area contributed by atoms with E-state index < -0.39 is 0 Å². The van der Waals surface area contributed by atoms with Crippen LogP contribution in [-0.4, -0.2) is 21.9 Å². The van der Waals surface area contributed by atoms with E-state index in [0.717, 1.165) is 17.4 Å². The Morgan fingerprint density at radius 3 is 2.56 bits per heavy atom. The molecule has 1 heterocycles. The molecule has 3 nitrogen and oxygen atoms in total. The van der Waals surface area contributed by atoms with Gasteiger partial charge in [0.25, 0.3) is 0 Å². The fraction of sp³-hybridized carbons (Fsp3) is 0.750. The summed E-state index contributed by atoms with van der Waals surface area (Å²) in [6.07, 6.45) is 2.90. The van der Waals surface area contributed by atoms with Gasteiger partial charge in [-0.05, 0) is 55.6 Å². The lowest BCUT2D eigenvalue weighted by Gasteiger charge is -2.23. The summed E-state index contributed by atoms with van der Waals surface area (Å²) in [5, 5.41) is 7.76. The van der Waals surface area contributed by atoms with E-state index >= 15 is 0 Å². The first-order valence-electron chi connectivity index (χ1n) is 5.71. The van der Waals surface area contributed by atoms with Crippen LogP contribution in [0.3, 0.4) is 0 Å². The fourth-order valence-electron chi connectivity index (χ4n) is 1.55. The first kappa shape index (κ1) is 13.7. The average molecular weight is 288 g/mol. The van der Waals surface area contributed by atoms with Crippen molar-refractivity contribution in [1.29, 1.82) is 0 Å². The van der Waals surface area contributed by atoms with Crippen molar-refractivity contribution >= 4 is 15.9 Å². The minimum atomic E-state index is 0.192. The van der Waals surface area contributed by atoms with Gasteiger partial charge in [-0.2, -0.15) is 5.10 Å². The number of rotatable bonds is 4. The molecule has 0 bridgehead atoms. The molecule has 0 saturated heterocycles. The molecular formula is C12H22BrN3. The number of halogens is 1. The number of hydrogen-bond acceptors (Lipinski definition) is 2. The van der Waals surface area contributed by atoms with Crippen LogP contribution in [0.15, 0.2) is 10.7 Å². The van der Waals surface area contributed by atoms with Crippen molar-refractivity contribution in [1.82, 2.24) is 15.1 Å². The molecule has 1 rings (SSSR count). The van der Waals surface area contributed by atoms with Crippen LogP contribution in [0, 0.1) is 5.92 Å². The van der Waals surface area contributed by atoms with E-state index in [-0.39, 0.29) is 5.54 Å². The fourth-order valence-corrected chi connectivity index (χ4v) is 2.06. The smallest absolute Gasteiger partial charge is 0.0635 e. The summed E-state index contributed by atoms with van der Waals surface area (Å²) in [7, 11) is 1.99. The highest BCUT2D eigenvalue weighted by Gasteiger charge is 2.14. The topological polar surface area (TPSA) is 29.9 Å². The maximum atomic E-state index is 4.23. The molecule has 92 valence electrons. The molecule has 0 saturated carbocycles. The quantitative estimate of drug-likeness (QED) is 0.923. The van der Waals surface area contributed by atoms with Gasteiger partial charge in [0.2, 0.25) is 0 Å². The summed E-state index contributed by atoms with van der Waals surface area (Å²) in [5.74, 6) is 0.603. The number of aromatic nitrogens is 2. The Morgan fingerprint density at radius 1 is 1.50 bits per heavy atom. The van der Waals surface area contributed by atoms with Gasteiger partial charge in [0.05, 0.1) is 16.4 Å². The summed E-state index contributed by atoms with van der Waals surface area (Å²) < 4.78 is 3.05. The average Bonchev–Trinajstić information content (AvgIpc) is 2.45. The molecular weight excluding hydrogens is 266 g/mol. The van der Waals surface area contributed by atoms with Gasteiger partial charge < -0.3 is 5.32 Å². The molecule has 0 amide bonds. The van der Waals surface area contributed by atoms with Crippen LogP contribution in [-0.2, 0) is 13.5 Å². The lowest BCUT2D eigenvalue weighted by atomic mass is 10.0. The maximum absolute atomic E-state index is 4.23. The highest BCUT2D eigenvalue weighted by Crippen LogP contribution is 2.18. The summed E-state index contributed by atoms with van der Waals surface area (Å²) in [4.78, 5) is 0. The minimum absolute atomic E-state index is 0.192. The zero-order chi connectivity index (χ0) is 12.3. The Hall–Kier alpha value is -0.350. The molecule has 1 aromatic heterocycles. The monoisotopic (exact) mass is 287 g/mol. The number of hydrogen-bond donors (Lipinski definition) is 1. The van der Waals surface area contributed by atoms with Gasteiger partial charge in [0.1, 0.15) is 0 Å². The van der Waals surface area contributed by atoms with Crippen molar-refractivity contribution in [2.45, 2.75) is 39.7 Å². The first-order valence-corrected chi connectivity index (χ1v) is 6.50. The Balaban J connectivity index is 2.49. The molecule has 4 heteroatoms. The summed E-state index contributed by atoms with van der Waals surface area (Å²) >= 11 is 3.53. The normalized spacial score (nSPS) is 14.1. The predicted octanol–water partition coefficient (Wildman–Crippen LogP) is 2.75. The Kier molecular flexibility index (Phi) is 4.56. The molecule has 0 aliphatic rings. The van der Waals surface area contributed by atoms with Gasteiger partial charge >= 0.3 is 0 Å². The van der Waals surface area contributed by atoms with E-state index in [9.17, 15) is 0 Å². The van der Waals surface area contributed by atoms with Crippen molar-refractivity contribution in [2.24, 2.45) is 13.0 Å². The second-order valence-electron chi connectivity index (χ2n) is 5.50. The maximum Gasteiger partial charge on any atom is 0.0635 e. The minimum Gasteiger partial charge on any atom is -0.312 e. The Morgan fingerprint density at radius 2 is 2.12 bits per heavy atom. The van der Waals surface area contributed by atoms with Crippen molar-refractivity contribution in [3.05, 3.63) is 16.4 Å². The highest BCUT2D eigenvalue weighted by molar-refractivity contribution is 9.10. The molecule has 0 aromatic carbocycles. The van der Waals surface area contributed by atoms with Crippen LogP contribution in [0.4, 0.5) is 0 Å². The molecule has 1 atom stereocenters. The van der Waals surface area contributed by atoms with Gasteiger partial charge in [0.15, 0.2) is 0 Å². The van der Waals surface area contributed by atoms with Crippen LogP contribution in [0.1, 0.15) is 33.4 Å². The lowest BCUT2D eigenvalue weighted by molar-refractivity contribution is 0.378. The molecule has 0 aliphatic heterocycles. The van der Waals surface area contributed by atoms with E-state index in [1.165, 1.54) is 5.69 Å². The third-order valence-corrected chi connectivity index (χ3v) is 3.20. The summed E-state index contributed by atoms with van der Waals surface area (Å²) in [5.41, 5.74) is 1.46. The van der Waals surface area contributed by atoms with Crippen LogP contribution >= 0.6 is 15.9 Å². The second-order valence-corrected chi connectivity index (χ2v) is 6.36. The van der Waals surface area contributed by atoms with Crippen LogP contribution in [0.2, 0.25) is 0 Å². The van der Waals surface area contributed by atoms with E-state index in [4.69, 9.17) is 0 Å².